The molecular formula is C13H16FIO. The number of hydrogen-bond acceptors (Lipinski definition) is 1. The van der Waals surface area contributed by atoms with Gasteiger partial charge in [-0.2, -0.15) is 0 Å². The van der Waals surface area contributed by atoms with Crippen LogP contribution in [0, 0.1) is 9.39 Å². The van der Waals surface area contributed by atoms with E-state index in [0.717, 1.165) is 12.8 Å². The molecule has 0 unspecified atom stereocenters. The topological polar surface area (TPSA) is 17.1 Å². The minimum Gasteiger partial charge on any atom is -0.294 e. The van der Waals surface area contributed by atoms with Crippen molar-refractivity contribution in [2.24, 2.45) is 0 Å². The number of carbonyl (C=O) groups excluding carboxylic acids is 1. The lowest BCUT2D eigenvalue weighted by atomic mass is 10.0. The van der Waals surface area contributed by atoms with Crippen LogP contribution >= 0.6 is 22.6 Å². The molecule has 0 spiro atoms. The molecule has 1 nitrogen and oxygen atoms in total. The van der Waals surface area contributed by atoms with Crippen molar-refractivity contribution in [3.05, 3.63) is 33.1 Å². The van der Waals surface area contributed by atoms with Crippen molar-refractivity contribution in [2.45, 2.75) is 39.0 Å². The monoisotopic (exact) mass is 334 g/mol. The summed E-state index contributed by atoms with van der Waals surface area (Å²) in [5.74, 6) is -0.160. The predicted octanol–water partition coefficient (Wildman–Crippen LogP) is 4.58. The third-order valence-electron chi connectivity index (χ3n) is 2.49. The van der Waals surface area contributed by atoms with Crippen molar-refractivity contribution in [1.29, 1.82) is 0 Å². The molecule has 3 heteroatoms. The number of Topliss-reactive ketones (excluding diaryl/α,β-unsaturated/α-hetero) is 1. The Kier molecular flexibility index (Phi) is 5.95. The summed E-state index contributed by atoms with van der Waals surface area (Å²) >= 11 is 2.01. The molecule has 0 amide bonds. The second-order valence-electron chi connectivity index (χ2n) is 3.86. The van der Waals surface area contributed by atoms with Crippen LogP contribution in [0.15, 0.2) is 18.2 Å². The fourth-order valence-electron chi connectivity index (χ4n) is 1.56. The Bertz CT molecular complexity index is 363. The fraction of sp³-hybridized carbons (Fsp3) is 0.462. The van der Waals surface area contributed by atoms with Gasteiger partial charge in [0.15, 0.2) is 5.78 Å². The zero-order valence-electron chi connectivity index (χ0n) is 9.43. The van der Waals surface area contributed by atoms with Crippen molar-refractivity contribution in [2.75, 3.05) is 0 Å². The van der Waals surface area contributed by atoms with Gasteiger partial charge in [-0.05, 0) is 47.2 Å². The Hall–Kier alpha value is -0.450. The minimum absolute atomic E-state index is 0.125. The lowest BCUT2D eigenvalue weighted by molar-refractivity contribution is 0.0978. The number of unbranched alkanes of at least 4 members (excludes halogenated alkanes) is 3. The van der Waals surface area contributed by atoms with Crippen LogP contribution in [0.5, 0.6) is 0 Å². The first-order valence-electron chi connectivity index (χ1n) is 5.63. The van der Waals surface area contributed by atoms with Crippen LogP contribution in [-0.4, -0.2) is 5.78 Å². The Morgan fingerprint density at radius 3 is 2.69 bits per heavy atom. The highest BCUT2D eigenvalue weighted by molar-refractivity contribution is 14.1. The maximum atomic E-state index is 12.8. The van der Waals surface area contributed by atoms with E-state index in [1.807, 2.05) is 22.6 Å². The van der Waals surface area contributed by atoms with Crippen LogP contribution in [0.1, 0.15) is 49.4 Å². The quantitative estimate of drug-likeness (QED) is 0.423. The normalized spacial score (nSPS) is 10.4. The summed E-state index contributed by atoms with van der Waals surface area (Å²) < 4.78 is 13.6. The summed E-state index contributed by atoms with van der Waals surface area (Å²) in [4.78, 5) is 11.8. The van der Waals surface area contributed by atoms with Crippen LogP contribution in [0.2, 0.25) is 0 Å². The van der Waals surface area contributed by atoms with E-state index in [1.54, 1.807) is 6.07 Å². The molecule has 1 rings (SSSR count). The number of rotatable bonds is 6. The van der Waals surface area contributed by atoms with Crippen LogP contribution < -0.4 is 0 Å². The average Bonchev–Trinajstić information content (AvgIpc) is 2.24. The van der Waals surface area contributed by atoms with Gasteiger partial charge in [-0.25, -0.2) is 4.39 Å². The fourth-order valence-corrected chi connectivity index (χ4v) is 2.34. The van der Waals surface area contributed by atoms with Gasteiger partial charge in [0.2, 0.25) is 0 Å². The lowest BCUT2D eigenvalue weighted by Crippen LogP contribution is -2.02. The van der Waals surface area contributed by atoms with Crippen LogP contribution in [0.4, 0.5) is 4.39 Å². The first-order chi connectivity index (χ1) is 7.65. The van der Waals surface area contributed by atoms with E-state index < -0.39 is 0 Å². The minimum atomic E-state index is -0.285. The Morgan fingerprint density at radius 1 is 1.31 bits per heavy atom. The van der Waals surface area contributed by atoms with Gasteiger partial charge >= 0.3 is 0 Å². The van der Waals surface area contributed by atoms with Crippen molar-refractivity contribution in [3.63, 3.8) is 0 Å². The zero-order chi connectivity index (χ0) is 12.0. The molecule has 0 aliphatic rings. The van der Waals surface area contributed by atoms with Crippen molar-refractivity contribution < 1.29 is 9.18 Å². The summed E-state index contributed by atoms with van der Waals surface area (Å²) in [6.07, 6.45) is 4.94. The molecular weight excluding hydrogens is 318 g/mol. The van der Waals surface area contributed by atoms with E-state index in [0.29, 0.717) is 15.6 Å². The largest absolute Gasteiger partial charge is 0.294 e. The van der Waals surface area contributed by atoms with Crippen LogP contribution in [0.3, 0.4) is 0 Å². The molecule has 0 aromatic heterocycles. The van der Waals surface area contributed by atoms with E-state index in [-0.39, 0.29) is 11.6 Å². The summed E-state index contributed by atoms with van der Waals surface area (Å²) in [5.41, 5.74) is 0.651. The van der Waals surface area contributed by atoms with E-state index in [2.05, 4.69) is 6.92 Å². The standard InChI is InChI=1S/C13H16FIO/c1-2-3-4-5-6-13(16)11-8-7-10(14)9-12(11)15/h7-9H,2-6H2,1H3. The molecule has 0 bridgehead atoms. The molecule has 88 valence electrons. The van der Waals surface area contributed by atoms with Gasteiger partial charge in [0.05, 0.1) is 0 Å². The van der Waals surface area contributed by atoms with Crippen molar-refractivity contribution in [1.82, 2.24) is 0 Å². The maximum absolute atomic E-state index is 12.8. The SMILES string of the molecule is CCCCCCC(=O)c1ccc(F)cc1I. The maximum Gasteiger partial charge on any atom is 0.163 e. The smallest absolute Gasteiger partial charge is 0.163 e. The van der Waals surface area contributed by atoms with Gasteiger partial charge in [0.1, 0.15) is 5.82 Å². The van der Waals surface area contributed by atoms with E-state index in [9.17, 15) is 9.18 Å². The van der Waals surface area contributed by atoms with Crippen LogP contribution in [0.25, 0.3) is 0 Å². The number of ketones is 1. The van der Waals surface area contributed by atoms with Gasteiger partial charge < -0.3 is 0 Å². The molecule has 0 radical (unpaired) electrons. The predicted molar refractivity (Wildman–Crippen MR) is 72.2 cm³/mol. The number of halogens is 2. The van der Waals surface area contributed by atoms with Gasteiger partial charge in [-0.3, -0.25) is 4.79 Å². The Morgan fingerprint density at radius 2 is 2.06 bits per heavy atom. The van der Waals surface area contributed by atoms with Gasteiger partial charge in [-0.15, -0.1) is 0 Å². The molecule has 1 aromatic carbocycles. The molecule has 16 heavy (non-hydrogen) atoms. The molecule has 0 aliphatic carbocycles. The molecule has 0 N–H and O–H groups in total. The summed E-state index contributed by atoms with van der Waals surface area (Å²) in [6, 6.07) is 4.33. The molecule has 0 saturated heterocycles. The Labute approximate surface area is 110 Å². The van der Waals surface area contributed by atoms with Gasteiger partial charge in [0.25, 0.3) is 0 Å². The zero-order valence-corrected chi connectivity index (χ0v) is 11.6. The number of benzene rings is 1. The second kappa shape index (κ2) is 6.99. The third kappa shape index (κ3) is 4.20. The van der Waals surface area contributed by atoms with Gasteiger partial charge in [0, 0.05) is 15.6 Å². The van der Waals surface area contributed by atoms with Crippen molar-refractivity contribution >= 4 is 28.4 Å². The highest BCUT2D eigenvalue weighted by Gasteiger charge is 2.09. The summed E-state index contributed by atoms with van der Waals surface area (Å²) in [7, 11) is 0. The Balaban J connectivity index is 2.53. The first kappa shape index (κ1) is 13.6. The number of hydrogen-bond donors (Lipinski definition) is 0. The molecule has 0 aliphatic heterocycles. The van der Waals surface area contributed by atoms with E-state index in [4.69, 9.17) is 0 Å². The first-order valence-corrected chi connectivity index (χ1v) is 6.71. The lowest BCUT2D eigenvalue weighted by Gasteiger charge is -2.03. The summed E-state index contributed by atoms with van der Waals surface area (Å²) in [5, 5.41) is 0. The van der Waals surface area contributed by atoms with E-state index >= 15 is 0 Å². The molecule has 0 saturated carbocycles. The van der Waals surface area contributed by atoms with Crippen LogP contribution in [-0.2, 0) is 0 Å². The molecule has 0 heterocycles. The molecule has 0 atom stereocenters. The molecule has 0 fully saturated rings. The highest BCUT2D eigenvalue weighted by Crippen LogP contribution is 2.17. The number of carbonyl (C=O) groups is 1. The molecule has 1 aromatic rings. The van der Waals surface area contributed by atoms with E-state index in [1.165, 1.54) is 25.0 Å². The second-order valence-corrected chi connectivity index (χ2v) is 5.02. The third-order valence-corrected chi connectivity index (χ3v) is 3.38. The highest BCUT2D eigenvalue weighted by atomic mass is 127. The summed E-state index contributed by atoms with van der Waals surface area (Å²) in [6.45, 7) is 2.14. The average molecular weight is 334 g/mol. The van der Waals surface area contributed by atoms with Gasteiger partial charge in [-0.1, -0.05) is 26.2 Å². The van der Waals surface area contributed by atoms with Crippen molar-refractivity contribution in [3.8, 4) is 0 Å².